The molecular formula is C19H24N2O2. The maximum atomic E-state index is 12.7. The fraction of sp³-hybridized carbons (Fsp3) is 0.579. The van der Waals surface area contributed by atoms with Gasteiger partial charge in [-0.2, -0.15) is 0 Å². The van der Waals surface area contributed by atoms with Gasteiger partial charge in [0, 0.05) is 37.7 Å². The molecule has 0 N–H and O–H groups in total. The summed E-state index contributed by atoms with van der Waals surface area (Å²) in [5.41, 5.74) is 3.55. The van der Waals surface area contributed by atoms with Gasteiger partial charge in [-0.25, -0.2) is 0 Å². The number of hydrogen-bond donors (Lipinski definition) is 0. The lowest BCUT2D eigenvalue weighted by atomic mass is 9.84. The number of aryl methyl sites for hydroxylation is 2. The molecule has 23 heavy (non-hydrogen) atoms. The Morgan fingerprint density at radius 3 is 2.26 bits per heavy atom. The monoisotopic (exact) mass is 312 g/mol. The van der Waals surface area contributed by atoms with Crippen LogP contribution >= 0.6 is 0 Å². The molecule has 2 fully saturated rings. The predicted molar refractivity (Wildman–Crippen MR) is 88.3 cm³/mol. The van der Waals surface area contributed by atoms with Crippen LogP contribution in [-0.4, -0.2) is 47.8 Å². The molecule has 2 amide bonds. The third kappa shape index (κ3) is 2.75. The SMILES string of the molecule is O=C(c1ccc2c(c1)CCC2)N1CCN(C(=O)C2CCC2)CC1. The van der Waals surface area contributed by atoms with E-state index in [4.69, 9.17) is 0 Å². The van der Waals surface area contributed by atoms with E-state index >= 15 is 0 Å². The van der Waals surface area contributed by atoms with Gasteiger partial charge in [-0.15, -0.1) is 0 Å². The first-order chi connectivity index (χ1) is 11.2. The van der Waals surface area contributed by atoms with Gasteiger partial charge in [-0.05, 0) is 55.4 Å². The molecule has 0 spiro atoms. The van der Waals surface area contributed by atoms with Crippen molar-refractivity contribution >= 4 is 11.8 Å². The van der Waals surface area contributed by atoms with Crippen LogP contribution in [0.1, 0.15) is 47.2 Å². The largest absolute Gasteiger partial charge is 0.339 e. The van der Waals surface area contributed by atoms with Crippen molar-refractivity contribution in [1.29, 1.82) is 0 Å². The lowest BCUT2D eigenvalue weighted by Gasteiger charge is -2.38. The smallest absolute Gasteiger partial charge is 0.253 e. The van der Waals surface area contributed by atoms with Gasteiger partial charge in [-0.3, -0.25) is 9.59 Å². The highest BCUT2D eigenvalue weighted by Gasteiger charge is 2.32. The molecule has 1 saturated carbocycles. The summed E-state index contributed by atoms with van der Waals surface area (Å²) in [5.74, 6) is 0.685. The van der Waals surface area contributed by atoms with E-state index in [-0.39, 0.29) is 11.8 Å². The topological polar surface area (TPSA) is 40.6 Å². The van der Waals surface area contributed by atoms with Crippen LogP contribution in [0.5, 0.6) is 0 Å². The molecule has 3 aliphatic rings. The minimum atomic E-state index is 0.121. The van der Waals surface area contributed by atoms with Crippen molar-refractivity contribution < 1.29 is 9.59 Å². The average molecular weight is 312 g/mol. The summed E-state index contributed by atoms with van der Waals surface area (Å²) >= 11 is 0. The van der Waals surface area contributed by atoms with Crippen LogP contribution in [0, 0.1) is 5.92 Å². The van der Waals surface area contributed by atoms with Crippen LogP contribution < -0.4 is 0 Å². The van der Waals surface area contributed by atoms with Crippen LogP contribution in [-0.2, 0) is 17.6 Å². The van der Waals surface area contributed by atoms with Gasteiger partial charge in [-0.1, -0.05) is 12.5 Å². The Balaban J connectivity index is 1.38. The van der Waals surface area contributed by atoms with E-state index in [0.29, 0.717) is 32.1 Å². The Morgan fingerprint density at radius 1 is 0.870 bits per heavy atom. The second-order valence-corrected chi connectivity index (χ2v) is 7.08. The molecule has 1 aromatic carbocycles. The van der Waals surface area contributed by atoms with E-state index in [1.54, 1.807) is 0 Å². The van der Waals surface area contributed by atoms with Crippen molar-refractivity contribution in [2.75, 3.05) is 26.2 Å². The van der Waals surface area contributed by atoms with Gasteiger partial charge in [0.2, 0.25) is 5.91 Å². The number of piperazine rings is 1. The second-order valence-electron chi connectivity index (χ2n) is 7.08. The summed E-state index contributed by atoms with van der Waals surface area (Å²) in [5, 5.41) is 0. The lowest BCUT2D eigenvalue weighted by Crippen LogP contribution is -2.52. The molecule has 0 radical (unpaired) electrons. The summed E-state index contributed by atoms with van der Waals surface area (Å²) in [6, 6.07) is 6.17. The Kier molecular flexibility index (Phi) is 3.83. The fourth-order valence-corrected chi connectivity index (χ4v) is 3.93. The molecule has 122 valence electrons. The first-order valence-electron chi connectivity index (χ1n) is 8.92. The molecule has 4 nitrogen and oxygen atoms in total. The summed E-state index contributed by atoms with van der Waals surface area (Å²) in [7, 11) is 0. The summed E-state index contributed by atoms with van der Waals surface area (Å²) in [4.78, 5) is 28.8. The maximum Gasteiger partial charge on any atom is 0.253 e. The second kappa shape index (κ2) is 5.99. The van der Waals surface area contributed by atoms with Crippen LogP contribution in [0.25, 0.3) is 0 Å². The summed E-state index contributed by atoms with van der Waals surface area (Å²) in [6.45, 7) is 2.70. The maximum absolute atomic E-state index is 12.7. The van der Waals surface area contributed by atoms with Crippen molar-refractivity contribution in [1.82, 2.24) is 9.80 Å². The molecule has 0 atom stereocenters. The highest BCUT2D eigenvalue weighted by Crippen LogP contribution is 2.29. The van der Waals surface area contributed by atoms with E-state index in [1.807, 2.05) is 15.9 Å². The number of fused-ring (bicyclic) bond motifs is 1. The third-order valence-electron chi connectivity index (χ3n) is 5.68. The number of carbonyl (C=O) groups is 2. The summed E-state index contributed by atoms with van der Waals surface area (Å²) < 4.78 is 0. The highest BCUT2D eigenvalue weighted by molar-refractivity contribution is 5.94. The van der Waals surface area contributed by atoms with Gasteiger partial charge in [0.15, 0.2) is 0 Å². The van der Waals surface area contributed by atoms with E-state index in [0.717, 1.165) is 31.2 Å². The van der Waals surface area contributed by atoms with E-state index < -0.39 is 0 Å². The molecule has 1 aliphatic heterocycles. The minimum Gasteiger partial charge on any atom is -0.339 e. The molecule has 1 aromatic rings. The standard InChI is InChI=1S/C19H24N2O2/c22-18(15-4-2-5-15)20-9-11-21(12-10-20)19(23)17-8-7-14-3-1-6-16(14)13-17/h7-8,13,15H,1-6,9-12H2. The van der Waals surface area contributed by atoms with Crippen molar-refractivity contribution in [2.45, 2.75) is 38.5 Å². The first kappa shape index (κ1) is 14.7. The fourth-order valence-electron chi connectivity index (χ4n) is 3.93. The van der Waals surface area contributed by atoms with Gasteiger partial charge in [0.25, 0.3) is 5.91 Å². The Hall–Kier alpha value is -1.84. The van der Waals surface area contributed by atoms with Crippen molar-refractivity contribution in [3.63, 3.8) is 0 Å². The lowest BCUT2D eigenvalue weighted by molar-refractivity contribution is -0.139. The number of hydrogen-bond acceptors (Lipinski definition) is 2. The Morgan fingerprint density at radius 2 is 1.57 bits per heavy atom. The number of amides is 2. The zero-order valence-corrected chi connectivity index (χ0v) is 13.6. The van der Waals surface area contributed by atoms with Crippen LogP contribution in [0.4, 0.5) is 0 Å². The average Bonchev–Trinajstić information content (AvgIpc) is 3.00. The van der Waals surface area contributed by atoms with Gasteiger partial charge < -0.3 is 9.80 Å². The van der Waals surface area contributed by atoms with Gasteiger partial charge in [0.1, 0.15) is 0 Å². The van der Waals surface area contributed by atoms with E-state index in [2.05, 4.69) is 12.1 Å². The quantitative estimate of drug-likeness (QED) is 0.840. The molecule has 2 aliphatic carbocycles. The van der Waals surface area contributed by atoms with Gasteiger partial charge in [0.05, 0.1) is 0 Å². The van der Waals surface area contributed by atoms with Crippen LogP contribution in [0.3, 0.4) is 0 Å². The zero-order valence-electron chi connectivity index (χ0n) is 13.6. The Bertz CT molecular complexity index is 628. The first-order valence-corrected chi connectivity index (χ1v) is 8.92. The normalized spacial score (nSPS) is 21.0. The minimum absolute atomic E-state index is 0.121. The highest BCUT2D eigenvalue weighted by atomic mass is 16.2. The van der Waals surface area contributed by atoms with E-state index in [1.165, 1.54) is 24.0 Å². The summed E-state index contributed by atoms with van der Waals surface area (Å²) in [6.07, 6.45) is 6.73. The molecule has 1 heterocycles. The van der Waals surface area contributed by atoms with Crippen molar-refractivity contribution in [3.8, 4) is 0 Å². The van der Waals surface area contributed by atoms with Gasteiger partial charge >= 0.3 is 0 Å². The number of nitrogens with zero attached hydrogens (tertiary/aromatic N) is 2. The molecule has 4 rings (SSSR count). The molecule has 0 aromatic heterocycles. The third-order valence-corrected chi connectivity index (χ3v) is 5.68. The van der Waals surface area contributed by atoms with Crippen molar-refractivity contribution in [3.05, 3.63) is 34.9 Å². The molecule has 1 saturated heterocycles. The van der Waals surface area contributed by atoms with E-state index in [9.17, 15) is 9.59 Å². The molecule has 4 heteroatoms. The number of rotatable bonds is 2. The van der Waals surface area contributed by atoms with Crippen LogP contribution in [0.15, 0.2) is 18.2 Å². The predicted octanol–water partition coefficient (Wildman–Crippen LogP) is 2.26. The molecule has 0 bridgehead atoms. The Labute approximate surface area is 137 Å². The number of benzene rings is 1. The number of carbonyl (C=O) groups excluding carboxylic acids is 2. The van der Waals surface area contributed by atoms with Crippen LogP contribution in [0.2, 0.25) is 0 Å². The molecular weight excluding hydrogens is 288 g/mol. The van der Waals surface area contributed by atoms with Crippen molar-refractivity contribution in [2.24, 2.45) is 5.92 Å². The molecule has 0 unspecified atom stereocenters. The zero-order chi connectivity index (χ0) is 15.8.